The molecule has 1 amide bonds. The number of aliphatic carboxylic acids is 1. The zero-order valence-electron chi connectivity index (χ0n) is 9.65. The van der Waals surface area contributed by atoms with Crippen LogP contribution in [0.5, 0.6) is 0 Å². The largest absolute Gasteiger partial charge is 0.481 e. The molecule has 0 aromatic rings. The average Bonchev–Trinajstić information content (AvgIpc) is 2.72. The van der Waals surface area contributed by atoms with E-state index in [-0.39, 0.29) is 17.2 Å². The van der Waals surface area contributed by atoms with Crippen molar-refractivity contribution in [1.82, 2.24) is 5.32 Å². The number of carboxylic acids is 1. The van der Waals surface area contributed by atoms with Crippen molar-refractivity contribution in [1.29, 1.82) is 0 Å². The van der Waals surface area contributed by atoms with Crippen molar-refractivity contribution < 1.29 is 14.7 Å². The maximum absolute atomic E-state index is 11.9. The molecule has 3 aliphatic rings. The minimum atomic E-state index is -0.672. The fraction of sp³-hybridized carbons (Fsp3) is 0.833. The Labute approximate surface area is 105 Å². The summed E-state index contributed by atoms with van der Waals surface area (Å²) >= 11 is 1.72. The molecule has 17 heavy (non-hydrogen) atoms. The van der Waals surface area contributed by atoms with Crippen LogP contribution < -0.4 is 5.32 Å². The van der Waals surface area contributed by atoms with Crippen molar-refractivity contribution in [3.63, 3.8) is 0 Å². The predicted octanol–water partition coefficient (Wildman–Crippen LogP) is 1.25. The van der Waals surface area contributed by atoms with E-state index in [9.17, 15) is 9.59 Å². The van der Waals surface area contributed by atoms with Crippen molar-refractivity contribution in [2.24, 2.45) is 11.3 Å². The molecule has 1 aliphatic heterocycles. The van der Waals surface area contributed by atoms with Crippen molar-refractivity contribution in [2.45, 2.75) is 43.4 Å². The van der Waals surface area contributed by atoms with Crippen LogP contribution in [0.1, 0.15) is 32.1 Å². The fourth-order valence-electron chi connectivity index (χ4n) is 3.34. The van der Waals surface area contributed by atoms with Gasteiger partial charge in [-0.15, -0.1) is 11.8 Å². The summed E-state index contributed by atoms with van der Waals surface area (Å²) in [5.74, 6) is 0.833. The summed E-state index contributed by atoms with van der Waals surface area (Å²) in [7, 11) is 0. The SMILES string of the molecule is O=C(N[C@H]1C[C@@H]2C[C@]2(C(=O)O)C1)C1CCCS1. The van der Waals surface area contributed by atoms with Crippen LogP contribution in [-0.2, 0) is 9.59 Å². The second kappa shape index (κ2) is 3.90. The van der Waals surface area contributed by atoms with Crippen LogP contribution in [-0.4, -0.2) is 34.0 Å². The number of carbonyl (C=O) groups is 2. The Morgan fingerprint density at radius 3 is 2.76 bits per heavy atom. The van der Waals surface area contributed by atoms with Gasteiger partial charge in [0.2, 0.25) is 5.91 Å². The highest BCUT2D eigenvalue weighted by molar-refractivity contribution is 8.00. The minimum Gasteiger partial charge on any atom is -0.481 e. The summed E-state index contributed by atoms with van der Waals surface area (Å²) in [5.41, 5.74) is -0.485. The van der Waals surface area contributed by atoms with Crippen LogP contribution in [0, 0.1) is 11.3 Å². The lowest BCUT2D eigenvalue weighted by molar-refractivity contribution is -0.143. The molecule has 4 nitrogen and oxygen atoms in total. The van der Waals surface area contributed by atoms with Crippen molar-refractivity contribution >= 4 is 23.6 Å². The molecule has 4 atom stereocenters. The number of carboxylic acid groups (broad SMARTS) is 1. The van der Waals surface area contributed by atoms with Crippen LogP contribution >= 0.6 is 11.8 Å². The Morgan fingerprint density at radius 1 is 1.35 bits per heavy atom. The van der Waals surface area contributed by atoms with E-state index in [2.05, 4.69) is 5.32 Å². The van der Waals surface area contributed by atoms with Gasteiger partial charge in [0.1, 0.15) is 0 Å². The zero-order chi connectivity index (χ0) is 12.0. The molecule has 1 saturated heterocycles. The maximum Gasteiger partial charge on any atom is 0.310 e. The summed E-state index contributed by atoms with van der Waals surface area (Å²) in [6.07, 6.45) is 4.39. The van der Waals surface area contributed by atoms with Gasteiger partial charge in [0, 0.05) is 6.04 Å². The number of amides is 1. The zero-order valence-corrected chi connectivity index (χ0v) is 10.5. The molecular formula is C12H17NO3S. The summed E-state index contributed by atoms with van der Waals surface area (Å²) < 4.78 is 0. The molecule has 3 rings (SSSR count). The van der Waals surface area contributed by atoms with E-state index in [1.54, 1.807) is 11.8 Å². The standard InChI is InChI=1S/C12H17NO3S/c14-10(9-2-1-3-17-9)13-8-4-7-5-12(7,6-8)11(15)16/h7-9H,1-6H2,(H,13,14)(H,15,16)/t7-,8+,9?,12+/m1/s1. The molecule has 0 spiro atoms. The Hall–Kier alpha value is -0.710. The Balaban J connectivity index is 1.54. The molecule has 0 bridgehead atoms. The lowest BCUT2D eigenvalue weighted by atomic mass is 10.0. The van der Waals surface area contributed by atoms with Gasteiger partial charge in [-0.3, -0.25) is 9.59 Å². The quantitative estimate of drug-likeness (QED) is 0.796. The number of fused-ring (bicyclic) bond motifs is 1. The smallest absolute Gasteiger partial charge is 0.310 e. The second-order valence-electron chi connectivity index (χ2n) is 5.51. The lowest BCUT2D eigenvalue weighted by Gasteiger charge is -2.18. The highest BCUT2D eigenvalue weighted by Crippen LogP contribution is 2.63. The van der Waals surface area contributed by atoms with E-state index in [4.69, 9.17) is 5.11 Å². The van der Waals surface area contributed by atoms with E-state index in [1.807, 2.05) is 0 Å². The van der Waals surface area contributed by atoms with Crippen molar-refractivity contribution in [3.8, 4) is 0 Å². The number of carbonyl (C=O) groups excluding carboxylic acids is 1. The normalized spacial score (nSPS) is 43.2. The van der Waals surface area contributed by atoms with Gasteiger partial charge in [0.25, 0.3) is 0 Å². The van der Waals surface area contributed by atoms with E-state index in [0.29, 0.717) is 12.3 Å². The highest BCUT2D eigenvalue weighted by Gasteiger charge is 2.65. The monoisotopic (exact) mass is 255 g/mol. The van der Waals surface area contributed by atoms with Crippen LogP contribution in [0.3, 0.4) is 0 Å². The molecule has 3 fully saturated rings. The molecule has 2 N–H and O–H groups in total. The van der Waals surface area contributed by atoms with Gasteiger partial charge in [-0.25, -0.2) is 0 Å². The van der Waals surface area contributed by atoms with Crippen molar-refractivity contribution in [2.75, 3.05) is 5.75 Å². The molecule has 5 heteroatoms. The Morgan fingerprint density at radius 2 is 2.18 bits per heavy atom. The third kappa shape index (κ3) is 1.84. The molecular weight excluding hydrogens is 238 g/mol. The van der Waals surface area contributed by atoms with Crippen molar-refractivity contribution in [3.05, 3.63) is 0 Å². The Bertz CT molecular complexity index is 367. The highest BCUT2D eigenvalue weighted by atomic mass is 32.2. The summed E-state index contributed by atoms with van der Waals surface area (Å²) in [6.45, 7) is 0. The molecule has 0 radical (unpaired) electrons. The first-order valence-corrected chi connectivity index (χ1v) is 7.32. The predicted molar refractivity (Wildman–Crippen MR) is 64.8 cm³/mol. The first-order valence-electron chi connectivity index (χ1n) is 6.27. The fourth-order valence-corrected chi connectivity index (χ4v) is 4.51. The van der Waals surface area contributed by atoms with Crippen LogP contribution in [0.4, 0.5) is 0 Å². The summed E-state index contributed by atoms with van der Waals surface area (Å²) in [6, 6.07) is 0.0959. The number of rotatable bonds is 3. The first-order chi connectivity index (χ1) is 8.12. The van der Waals surface area contributed by atoms with E-state index >= 15 is 0 Å². The van der Waals surface area contributed by atoms with Gasteiger partial charge in [-0.05, 0) is 43.8 Å². The molecule has 94 valence electrons. The van der Waals surface area contributed by atoms with Crippen LogP contribution in [0.15, 0.2) is 0 Å². The minimum absolute atomic E-state index is 0.0959. The summed E-state index contributed by atoms with van der Waals surface area (Å²) in [4.78, 5) is 23.1. The van der Waals surface area contributed by atoms with Gasteiger partial charge in [0.15, 0.2) is 0 Å². The number of hydrogen-bond donors (Lipinski definition) is 2. The number of nitrogens with one attached hydrogen (secondary N) is 1. The van der Waals surface area contributed by atoms with E-state index < -0.39 is 11.4 Å². The third-order valence-corrected chi connectivity index (χ3v) is 5.78. The molecule has 0 aromatic carbocycles. The molecule has 2 saturated carbocycles. The van der Waals surface area contributed by atoms with Gasteiger partial charge in [0.05, 0.1) is 10.7 Å². The van der Waals surface area contributed by atoms with Crippen LogP contribution in [0.2, 0.25) is 0 Å². The first kappa shape index (κ1) is 11.4. The summed E-state index contributed by atoms with van der Waals surface area (Å²) in [5, 5.41) is 12.3. The van der Waals surface area contributed by atoms with E-state index in [1.165, 1.54) is 0 Å². The average molecular weight is 255 g/mol. The Kier molecular flexibility index (Phi) is 2.61. The molecule has 1 heterocycles. The van der Waals surface area contributed by atoms with Gasteiger partial charge in [-0.1, -0.05) is 0 Å². The maximum atomic E-state index is 11.9. The second-order valence-corrected chi connectivity index (χ2v) is 6.82. The topological polar surface area (TPSA) is 66.4 Å². The molecule has 1 unspecified atom stereocenters. The number of hydrogen-bond acceptors (Lipinski definition) is 3. The van der Waals surface area contributed by atoms with E-state index in [0.717, 1.165) is 31.4 Å². The number of thioether (sulfide) groups is 1. The van der Waals surface area contributed by atoms with Gasteiger partial charge < -0.3 is 10.4 Å². The third-order valence-electron chi connectivity index (χ3n) is 4.41. The van der Waals surface area contributed by atoms with Gasteiger partial charge >= 0.3 is 5.97 Å². The molecule has 0 aromatic heterocycles. The lowest BCUT2D eigenvalue weighted by Crippen LogP contribution is -2.39. The molecule has 2 aliphatic carbocycles. The van der Waals surface area contributed by atoms with Crippen LogP contribution in [0.25, 0.3) is 0 Å². The van der Waals surface area contributed by atoms with Gasteiger partial charge in [-0.2, -0.15) is 0 Å².